The molecule has 0 N–H and O–H groups in total. The van der Waals surface area contributed by atoms with Crippen LogP contribution in [0.1, 0.15) is 104 Å². The maximum atomic E-state index is 6.84. The Hall–Kier alpha value is -4.54. The summed E-state index contributed by atoms with van der Waals surface area (Å²) in [6.45, 7) is 25.0. The molecule has 4 heteroatoms. The Kier molecular flexibility index (Phi) is 9.78. The first-order chi connectivity index (χ1) is 25.7. The average Bonchev–Trinajstić information content (AvgIpc) is 3.35. The van der Waals surface area contributed by atoms with Crippen molar-refractivity contribution in [1.82, 2.24) is 0 Å². The minimum atomic E-state index is -0.145. The number of benzene rings is 6. The Morgan fingerprint density at radius 1 is 0.455 bits per heavy atom. The Morgan fingerprint density at radius 2 is 0.927 bits per heavy atom. The van der Waals surface area contributed by atoms with Gasteiger partial charge >= 0.3 is 0 Å². The molecule has 278 valence electrons. The molecule has 1 aliphatic carbocycles. The summed E-state index contributed by atoms with van der Waals surface area (Å²) in [6.07, 6.45) is 0. The molecule has 0 fully saturated rings. The van der Waals surface area contributed by atoms with Gasteiger partial charge in [0.05, 0.1) is 5.69 Å². The lowest BCUT2D eigenvalue weighted by Gasteiger charge is -2.33. The van der Waals surface area contributed by atoms with Crippen molar-refractivity contribution in [3.05, 3.63) is 160 Å². The molecule has 55 heavy (non-hydrogen) atoms. The molecule has 0 aromatic heterocycles. The van der Waals surface area contributed by atoms with E-state index in [9.17, 15) is 0 Å². The summed E-state index contributed by atoms with van der Waals surface area (Å²) in [6, 6.07) is 47.2. The van der Waals surface area contributed by atoms with Gasteiger partial charge in [-0.15, -0.1) is 0 Å². The fourth-order valence-electron chi connectivity index (χ4n) is 7.92. The van der Waals surface area contributed by atoms with Crippen LogP contribution in [0.15, 0.2) is 132 Å². The molecule has 7 rings (SSSR count). The number of nitrogens with zero attached hydrogens (tertiary/aromatic N) is 2. The van der Waals surface area contributed by atoms with Gasteiger partial charge in [-0.2, -0.15) is 0 Å². The van der Waals surface area contributed by atoms with E-state index in [1.54, 1.807) is 0 Å². The summed E-state index contributed by atoms with van der Waals surface area (Å²) in [5, 5.41) is 0. The molecule has 2 radical (unpaired) electrons. The monoisotopic (exact) mass is 784 g/mol. The van der Waals surface area contributed by atoms with Crippen LogP contribution in [0.4, 0.5) is 34.1 Å². The largest absolute Gasteiger partial charge is 0.310 e. The SMILES string of the molecule is [B]c1cc(C(C)(C)C)cc(N(c2cccc(N(c3ccc(C(C)(C)C)cc3)c3ccc(C(C)(C)C)cc3)c2)c2ccc3c(c2)C(C)(C)c2ccccc2-3)c1Br. The van der Waals surface area contributed by atoms with Crippen LogP contribution in [0.3, 0.4) is 0 Å². The van der Waals surface area contributed by atoms with Gasteiger partial charge < -0.3 is 9.80 Å². The molecule has 1 aliphatic rings. The van der Waals surface area contributed by atoms with Gasteiger partial charge in [0.15, 0.2) is 0 Å². The van der Waals surface area contributed by atoms with E-state index in [2.05, 4.69) is 229 Å². The van der Waals surface area contributed by atoms with Crippen molar-refractivity contribution in [3.8, 4) is 11.1 Å². The lowest BCUT2D eigenvalue weighted by atomic mass is 9.82. The van der Waals surface area contributed by atoms with Gasteiger partial charge in [0.25, 0.3) is 0 Å². The third-order valence-corrected chi connectivity index (χ3v) is 12.2. The van der Waals surface area contributed by atoms with E-state index in [1.165, 1.54) is 38.9 Å². The third kappa shape index (κ3) is 7.31. The van der Waals surface area contributed by atoms with E-state index in [1.807, 2.05) is 0 Å². The molecular formula is C51H54BBrN2. The van der Waals surface area contributed by atoms with Gasteiger partial charge in [-0.25, -0.2) is 0 Å². The zero-order chi connectivity index (χ0) is 39.7. The van der Waals surface area contributed by atoms with E-state index in [0.717, 1.165) is 44.1 Å². The minimum absolute atomic E-state index is 0.0563. The van der Waals surface area contributed by atoms with Crippen LogP contribution in [0.25, 0.3) is 11.1 Å². The lowest BCUT2D eigenvalue weighted by molar-refractivity contribution is 0.590. The lowest BCUT2D eigenvalue weighted by Crippen LogP contribution is -2.21. The van der Waals surface area contributed by atoms with E-state index in [0.29, 0.717) is 0 Å². The highest BCUT2D eigenvalue weighted by molar-refractivity contribution is 9.10. The smallest absolute Gasteiger partial charge is 0.115 e. The summed E-state index contributed by atoms with van der Waals surface area (Å²) >= 11 is 3.97. The Balaban J connectivity index is 1.44. The summed E-state index contributed by atoms with van der Waals surface area (Å²) < 4.78 is 0.876. The third-order valence-electron chi connectivity index (χ3n) is 11.3. The number of anilines is 6. The first-order valence-corrected chi connectivity index (χ1v) is 20.3. The van der Waals surface area contributed by atoms with Crippen LogP contribution in [0.5, 0.6) is 0 Å². The second-order valence-electron chi connectivity index (χ2n) is 18.8. The normalized spacial score (nSPS) is 13.7. The van der Waals surface area contributed by atoms with Gasteiger partial charge in [-0.05, 0) is 132 Å². The van der Waals surface area contributed by atoms with Crippen molar-refractivity contribution in [2.75, 3.05) is 9.80 Å². The van der Waals surface area contributed by atoms with E-state index in [4.69, 9.17) is 7.85 Å². The fraction of sp³-hybridized carbons (Fsp3) is 0.294. The number of hydrogen-bond donors (Lipinski definition) is 0. The van der Waals surface area contributed by atoms with Crippen molar-refractivity contribution in [3.63, 3.8) is 0 Å². The van der Waals surface area contributed by atoms with Gasteiger partial charge in [0.1, 0.15) is 7.85 Å². The molecule has 0 bridgehead atoms. The van der Waals surface area contributed by atoms with Crippen LogP contribution in [0, 0.1) is 0 Å². The standard InChI is InChI=1S/C51H54BBrN2/c1-48(2,3)33-19-23-36(24-20-33)54(37-25-21-34(22-26-37)49(4,5)6)38-15-14-16-39(31-38)55(46-30-35(50(7,8)9)29-45(52)47(46)53)40-27-28-42-41-17-12-13-18-43(41)51(10,11)44(42)32-40/h12-32H,1-11H3. The summed E-state index contributed by atoms with van der Waals surface area (Å²) in [5.41, 5.74) is 16.1. The number of hydrogen-bond acceptors (Lipinski definition) is 2. The van der Waals surface area contributed by atoms with Crippen LogP contribution in [0.2, 0.25) is 0 Å². The predicted octanol–water partition coefficient (Wildman–Crippen LogP) is 14.4. The van der Waals surface area contributed by atoms with E-state index < -0.39 is 0 Å². The van der Waals surface area contributed by atoms with Crippen molar-refractivity contribution in [2.24, 2.45) is 0 Å². The molecule has 0 atom stereocenters. The highest BCUT2D eigenvalue weighted by atomic mass is 79.9. The molecule has 6 aromatic rings. The quantitative estimate of drug-likeness (QED) is 0.155. The number of halogens is 1. The van der Waals surface area contributed by atoms with Crippen LogP contribution < -0.4 is 15.3 Å². The van der Waals surface area contributed by atoms with Crippen molar-refractivity contribution < 1.29 is 0 Å². The molecular weight excluding hydrogens is 731 g/mol. The highest BCUT2D eigenvalue weighted by Gasteiger charge is 2.36. The van der Waals surface area contributed by atoms with Gasteiger partial charge in [-0.1, -0.05) is 148 Å². The van der Waals surface area contributed by atoms with Crippen molar-refractivity contribution in [2.45, 2.75) is 97.8 Å². The summed E-state index contributed by atoms with van der Waals surface area (Å²) in [7, 11) is 6.84. The second kappa shape index (κ2) is 13.9. The Labute approximate surface area is 340 Å². The predicted molar refractivity (Wildman–Crippen MR) is 243 cm³/mol. The van der Waals surface area contributed by atoms with Crippen LogP contribution in [-0.4, -0.2) is 7.85 Å². The molecule has 0 amide bonds. The van der Waals surface area contributed by atoms with E-state index >= 15 is 0 Å². The van der Waals surface area contributed by atoms with Crippen molar-refractivity contribution >= 4 is 63.4 Å². The first-order valence-electron chi connectivity index (χ1n) is 19.5. The van der Waals surface area contributed by atoms with Gasteiger partial charge in [0, 0.05) is 38.3 Å². The average molecular weight is 786 g/mol. The molecule has 2 nitrogen and oxygen atoms in total. The molecule has 0 heterocycles. The van der Waals surface area contributed by atoms with Gasteiger partial charge in [-0.3, -0.25) is 0 Å². The summed E-state index contributed by atoms with van der Waals surface area (Å²) in [5.74, 6) is 0. The molecule has 0 spiro atoms. The molecule has 0 saturated carbocycles. The molecule has 0 aliphatic heterocycles. The first kappa shape index (κ1) is 38.7. The van der Waals surface area contributed by atoms with Crippen molar-refractivity contribution in [1.29, 1.82) is 0 Å². The van der Waals surface area contributed by atoms with Crippen LogP contribution >= 0.6 is 15.9 Å². The highest BCUT2D eigenvalue weighted by Crippen LogP contribution is 2.51. The Morgan fingerprint density at radius 3 is 1.47 bits per heavy atom. The molecule has 0 saturated heterocycles. The molecule has 0 unspecified atom stereocenters. The topological polar surface area (TPSA) is 6.48 Å². The Bertz CT molecular complexity index is 2310. The summed E-state index contributed by atoms with van der Waals surface area (Å²) in [4.78, 5) is 4.75. The van der Waals surface area contributed by atoms with Gasteiger partial charge in [0.2, 0.25) is 0 Å². The maximum absolute atomic E-state index is 6.84. The van der Waals surface area contributed by atoms with Crippen LogP contribution in [-0.2, 0) is 21.7 Å². The fourth-order valence-corrected chi connectivity index (χ4v) is 8.33. The zero-order valence-corrected chi connectivity index (χ0v) is 36.1. The molecule has 6 aromatic carbocycles. The maximum Gasteiger partial charge on any atom is 0.115 e. The zero-order valence-electron chi connectivity index (χ0n) is 34.5. The minimum Gasteiger partial charge on any atom is -0.310 e. The number of rotatable bonds is 6. The van der Waals surface area contributed by atoms with E-state index in [-0.39, 0.29) is 21.7 Å². The second-order valence-corrected chi connectivity index (χ2v) is 19.6. The number of fused-ring (bicyclic) bond motifs is 3.